The molecule has 2 heterocycles. The normalized spacial score (nSPS) is 11.2. The van der Waals surface area contributed by atoms with E-state index in [-0.39, 0.29) is 0 Å². The Morgan fingerprint density at radius 3 is 2.64 bits per heavy atom. The minimum Gasteiger partial charge on any atom is -0.383 e. The van der Waals surface area contributed by atoms with Gasteiger partial charge in [0.25, 0.3) is 0 Å². The lowest BCUT2D eigenvalue weighted by Gasteiger charge is -2.11. The number of hydrogen-bond donors (Lipinski definition) is 1. The second kappa shape index (κ2) is 5.98. The van der Waals surface area contributed by atoms with E-state index in [1.54, 1.807) is 17.1 Å². The van der Waals surface area contributed by atoms with E-state index in [1.165, 1.54) is 6.33 Å². The van der Waals surface area contributed by atoms with E-state index in [0.29, 0.717) is 32.6 Å². The van der Waals surface area contributed by atoms with Gasteiger partial charge in [-0.05, 0) is 18.2 Å². The molecule has 0 saturated heterocycles. The predicted molar refractivity (Wildman–Crippen MR) is 99.4 cm³/mol. The number of aryl methyl sites for hydroxylation is 1. The van der Waals surface area contributed by atoms with E-state index in [4.69, 9.17) is 28.9 Å². The monoisotopic (exact) mass is 370 g/mol. The number of fused-ring (bicyclic) bond motifs is 1. The first kappa shape index (κ1) is 15.8. The molecule has 8 heteroatoms. The molecule has 4 aromatic rings. The van der Waals surface area contributed by atoms with Crippen LogP contribution >= 0.6 is 23.2 Å². The van der Waals surface area contributed by atoms with Crippen molar-refractivity contribution < 1.29 is 0 Å². The maximum Gasteiger partial charge on any atom is 0.181 e. The zero-order valence-electron chi connectivity index (χ0n) is 13.1. The summed E-state index contributed by atoms with van der Waals surface area (Å²) in [4.78, 5) is 12.8. The molecule has 0 spiro atoms. The van der Waals surface area contributed by atoms with E-state index < -0.39 is 0 Å². The topological polar surface area (TPSA) is 82.5 Å². The molecule has 0 aliphatic heterocycles. The Labute approximate surface area is 153 Å². The Morgan fingerprint density at radius 2 is 1.88 bits per heavy atom. The number of nitrogens with zero attached hydrogens (tertiary/aromatic N) is 5. The third-order valence-corrected chi connectivity index (χ3v) is 4.69. The van der Waals surface area contributed by atoms with Gasteiger partial charge in [0.05, 0.1) is 15.6 Å². The Morgan fingerprint density at radius 1 is 1.04 bits per heavy atom. The molecule has 2 N–H and O–H groups in total. The third-order valence-electron chi connectivity index (χ3n) is 3.87. The Kier molecular flexibility index (Phi) is 3.78. The Bertz CT molecular complexity index is 1110. The Balaban J connectivity index is 2.08. The van der Waals surface area contributed by atoms with Crippen molar-refractivity contribution in [2.75, 3.05) is 5.73 Å². The van der Waals surface area contributed by atoms with Gasteiger partial charge in [0.1, 0.15) is 18.5 Å². The molecule has 2 aromatic carbocycles. The van der Waals surface area contributed by atoms with Crippen LogP contribution < -0.4 is 5.73 Å². The van der Waals surface area contributed by atoms with Crippen LogP contribution in [0.3, 0.4) is 0 Å². The molecule has 25 heavy (non-hydrogen) atoms. The van der Waals surface area contributed by atoms with Crippen molar-refractivity contribution in [2.24, 2.45) is 7.05 Å². The molecule has 0 amide bonds. The average Bonchev–Trinajstić information content (AvgIpc) is 3.04. The quantitative estimate of drug-likeness (QED) is 0.576. The first-order valence-electron chi connectivity index (χ1n) is 7.39. The summed E-state index contributed by atoms with van der Waals surface area (Å²) in [6.45, 7) is 0. The van der Waals surface area contributed by atoms with E-state index in [2.05, 4.69) is 20.1 Å². The molecular weight excluding hydrogens is 359 g/mol. The van der Waals surface area contributed by atoms with E-state index in [1.807, 2.05) is 31.3 Å². The zero-order valence-corrected chi connectivity index (χ0v) is 14.6. The van der Waals surface area contributed by atoms with Gasteiger partial charge in [0.15, 0.2) is 5.82 Å². The summed E-state index contributed by atoms with van der Waals surface area (Å²) in [5, 5.41) is 5.98. The molecule has 2 aromatic heterocycles. The van der Waals surface area contributed by atoms with Gasteiger partial charge >= 0.3 is 0 Å². The highest BCUT2D eigenvalue weighted by Crippen LogP contribution is 2.39. The number of nitrogen functional groups attached to an aromatic ring is 1. The van der Waals surface area contributed by atoms with Gasteiger partial charge < -0.3 is 5.73 Å². The number of benzene rings is 2. The van der Waals surface area contributed by atoms with Crippen molar-refractivity contribution in [1.82, 2.24) is 24.7 Å². The minimum absolute atomic E-state index is 0.377. The highest BCUT2D eigenvalue weighted by Gasteiger charge is 2.16. The summed E-state index contributed by atoms with van der Waals surface area (Å²) in [5.41, 5.74) is 9.10. The second-order valence-electron chi connectivity index (χ2n) is 5.52. The van der Waals surface area contributed by atoms with Crippen molar-refractivity contribution in [3.8, 4) is 22.5 Å². The number of halogens is 2. The second-order valence-corrected chi connectivity index (χ2v) is 6.31. The number of aromatic nitrogens is 5. The number of nitrogens with two attached hydrogens (primary N) is 1. The minimum atomic E-state index is 0.377. The molecule has 4 rings (SSSR count). The SMILES string of the molecule is Cn1cnc(-c2cc(-c3cccc(Cl)c3Cl)c3ncnc(N)c3c2)n1. The number of rotatable bonds is 2. The van der Waals surface area contributed by atoms with Crippen LogP contribution in [0.25, 0.3) is 33.4 Å². The Hall–Kier alpha value is -2.70. The van der Waals surface area contributed by atoms with Crippen LogP contribution in [0, 0.1) is 0 Å². The van der Waals surface area contributed by atoms with Gasteiger partial charge in [-0.25, -0.2) is 15.0 Å². The fourth-order valence-corrected chi connectivity index (χ4v) is 3.11. The fraction of sp³-hybridized carbons (Fsp3) is 0.0588. The highest BCUT2D eigenvalue weighted by molar-refractivity contribution is 6.44. The summed E-state index contributed by atoms with van der Waals surface area (Å²) in [5.74, 6) is 0.953. The first-order valence-corrected chi connectivity index (χ1v) is 8.15. The summed E-state index contributed by atoms with van der Waals surface area (Å²) in [6, 6.07) is 9.27. The van der Waals surface area contributed by atoms with Gasteiger partial charge in [-0.2, -0.15) is 5.10 Å². The van der Waals surface area contributed by atoms with Gasteiger partial charge in [0.2, 0.25) is 0 Å². The molecular formula is C17H12Cl2N6. The largest absolute Gasteiger partial charge is 0.383 e. The molecule has 0 aliphatic carbocycles. The maximum atomic E-state index is 6.43. The molecule has 124 valence electrons. The van der Waals surface area contributed by atoms with Crippen molar-refractivity contribution in [1.29, 1.82) is 0 Å². The van der Waals surface area contributed by atoms with Crippen molar-refractivity contribution in [3.05, 3.63) is 53.0 Å². The molecule has 0 unspecified atom stereocenters. The van der Waals surface area contributed by atoms with Crippen molar-refractivity contribution in [2.45, 2.75) is 0 Å². The molecule has 6 nitrogen and oxygen atoms in total. The predicted octanol–water partition coefficient (Wildman–Crippen LogP) is 3.98. The van der Waals surface area contributed by atoms with E-state index in [0.717, 1.165) is 16.7 Å². The molecule has 0 aliphatic rings. The zero-order chi connectivity index (χ0) is 17.6. The molecule has 0 bridgehead atoms. The van der Waals surface area contributed by atoms with Crippen LogP contribution in [0.15, 0.2) is 43.0 Å². The summed E-state index contributed by atoms with van der Waals surface area (Å²) >= 11 is 12.6. The van der Waals surface area contributed by atoms with E-state index in [9.17, 15) is 0 Å². The first-order chi connectivity index (χ1) is 12.0. The lowest BCUT2D eigenvalue weighted by Crippen LogP contribution is -1.97. The van der Waals surface area contributed by atoms with Crippen LogP contribution in [-0.2, 0) is 7.05 Å². The van der Waals surface area contributed by atoms with E-state index >= 15 is 0 Å². The lowest BCUT2D eigenvalue weighted by molar-refractivity contribution is 0.768. The van der Waals surface area contributed by atoms with Crippen LogP contribution in [0.2, 0.25) is 10.0 Å². The smallest absolute Gasteiger partial charge is 0.181 e. The fourth-order valence-electron chi connectivity index (χ4n) is 2.70. The van der Waals surface area contributed by atoms with Gasteiger partial charge in [0, 0.05) is 29.1 Å². The van der Waals surface area contributed by atoms with Crippen LogP contribution in [0.4, 0.5) is 5.82 Å². The standard InChI is InChI=1S/C17H12Cl2N6/c1-25-8-23-17(24-25)9-5-11(10-3-2-4-13(18)14(10)19)15-12(6-9)16(20)22-7-21-15/h2-8H,1H3,(H2,20,21,22). The van der Waals surface area contributed by atoms with Crippen molar-refractivity contribution >= 4 is 39.9 Å². The van der Waals surface area contributed by atoms with Crippen LogP contribution in [-0.4, -0.2) is 24.7 Å². The van der Waals surface area contributed by atoms with Gasteiger partial charge in [-0.1, -0.05) is 35.3 Å². The molecule has 0 saturated carbocycles. The van der Waals surface area contributed by atoms with Crippen LogP contribution in [0.1, 0.15) is 0 Å². The number of hydrogen-bond acceptors (Lipinski definition) is 5. The summed E-state index contributed by atoms with van der Waals surface area (Å²) in [7, 11) is 1.81. The lowest BCUT2D eigenvalue weighted by atomic mass is 9.98. The summed E-state index contributed by atoms with van der Waals surface area (Å²) in [6.07, 6.45) is 3.06. The van der Waals surface area contributed by atoms with Crippen LogP contribution in [0.5, 0.6) is 0 Å². The number of anilines is 1. The molecule has 0 radical (unpaired) electrons. The third kappa shape index (κ3) is 2.69. The average molecular weight is 371 g/mol. The summed E-state index contributed by atoms with van der Waals surface area (Å²) < 4.78 is 1.64. The molecule has 0 atom stereocenters. The van der Waals surface area contributed by atoms with Gasteiger partial charge in [-0.3, -0.25) is 4.68 Å². The molecule has 0 fully saturated rings. The van der Waals surface area contributed by atoms with Gasteiger partial charge in [-0.15, -0.1) is 0 Å². The van der Waals surface area contributed by atoms with Crippen molar-refractivity contribution in [3.63, 3.8) is 0 Å². The maximum absolute atomic E-state index is 6.43. The highest BCUT2D eigenvalue weighted by atomic mass is 35.5.